The van der Waals surface area contributed by atoms with Gasteiger partial charge >= 0.3 is 5.97 Å². The molecule has 0 spiro atoms. The van der Waals surface area contributed by atoms with E-state index in [-0.39, 0.29) is 18.3 Å². The smallest absolute Gasteiger partial charge is 0.310 e. The number of hydrogen-bond acceptors (Lipinski definition) is 6. The van der Waals surface area contributed by atoms with Crippen molar-refractivity contribution in [3.8, 4) is 0 Å². The van der Waals surface area contributed by atoms with Gasteiger partial charge in [0.2, 0.25) is 0 Å². The number of nitrogens with zero attached hydrogens (tertiary/aromatic N) is 2. The van der Waals surface area contributed by atoms with Crippen LogP contribution in [0.1, 0.15) is 21.1 Å². The highest BCUT2D eigenvalue weighted by Gasteiger charge is 2.14. The molecule has 6 nitrogen and oxygen atoms in total. The number of esters is 1. The molecule has 1 N–H and O–H groups in total. The molecule has 0 saturated carbocycles. The van der Waals surface area contributed by atoms with Crippen molar-refractivity contribution in [2.45, 2.75) is 13.3 Å². The van der Waals surface area contributed by atoms with Crippen molar-refractivity contribution in [2.75, 3.05) is 12.4 Å². The summed E-state index contributed by atoms with van der Waals surface area (Å²) in [6.45, 7) is 1.78. The van der Waals surface area contributed by atoms with Gasteiger partial charge in [-0.25, -0.2) is 4.98 Å². The zero-order chi connectivity index (χ0) is 14.5. The van der Waals surface area contributed by atoms with E-state index in [2.05, 4.69) is 20.0 Å². The van der Waals surface area contributed by atoms with Gasteiger partial charge in [-0.1, -0.05) is 6.07 Å². The molecule has 2 aromatic rings. The summed E-state index contributed by atoms with van der Waals surface area (Å²) < 4.78 is 4.61. The summed E-state index contributed by atoms with van der Waals surface area (Å²) in [7, 11) is 1.34. The lowest BCUT2D eigenvalue weighted by Gasteiger charge is -1.99. The Labute approximate surface area is 119 Å². The molecule has 0 radical (unpaired) electrons. The second kappa shape index (κ2) is 6.25. The van der Waals surface area contributed by atoms with Crippen LogP contribution in [-0.4, -0.2) is 29.0 Å². The molecule has 2 rings (SSSR count). The first-order valence-electron chi connectivity index (χ1n) is 5.85. The van der Waals surface area contributed by atoms with E-state index in [9.17, 15) is 9.59 Å². The van der Waals surface area contributed by atoms with Crippen LogP contribution in [0.5, 0.6) is 0 Å². The molecule has 0 aliphatic heterocycles. The Morgan fingerprint density at radius 1 is 1.40 bits per heavy atom. The van der Waals surface area contributed by atoms with Gasteiger partial charge in [-0.2, -0.15) is 0 Å². The second-order valence-electron chi connectivity index (χ2n) is 3.95. The van der Waals surface area contributed by atoms with Crippen LogP contribution < -0.4 is 5.32 Å². The average molecular weight is 291 g/mol. The molecule has 0 aliphatic carbocycles. The minimum Gasteiger partial charge on any atom is -0.469 e. The number of aryl methyl sites for hydroxylation is 1. The lowest BCUT2D eigenvalue weighted by atomic mass is 10.3. The summed E-state index contributed by atoms with van der Waals surface area (Å²) in [5.74, 6) is -0.664. The molecule has 7 heteroatoms. The van der Waals surface area contributed by atoms with Crippen molar-refractivity contribution in [1.82, 2.24) is 9.97 Å². The minimum absolute atomic E-state index is 0.152. The van der Waals surface area contributed by atoms with E-state index in [0.717, 1.165) is 4.88 Å². The minimum atomic E-state index is -0.334. The van der Waals surface area contributed by atoms with E-state index >= 15 is 0 Å². The maximum atomic E-state index is 11.9. The molecule has 104 valence electrons. The van der Waals surface area contributed by atoms with Crippen LogP contribution in [0.25, 0.3) is 0 Å². The van der Waals surface area contributed by atoms with Crippen LogP contribution >= 0.6 is 11.3 Å². The fraction of sp³-hybridized carbons (Fsp3) is 0.231. The summed E-state index contributed by atoms with van der Waals surface area (Å²) in [4.78, 5) is 32.1. The van der Waals surface area contributed by atoms with Crippen LogP contribution in [0.4, 0.5) is 5.13 Å². The third-order valence-corrected chi connectivity index (χ3v) is 3.62. The lowest BCUT2D eigenvalue weighted by molar-refractivity contribution is -0.139. The van der Waals surface area contributed by atoms with Gasteiger partial charge in [-0.05, 0) is 19.1 Å². The SMILES string of the molecule is COC(=O)Cc1sc(NC(=O)c2ccccn2)nc1C. The normalized spacial score (nSPS) is 10.1. The number of carbonyl (C=O) groups excluding carboxylic acids is 2. The van der Waals surface area contributed by atoms with Crippen molar-refractivity contribution < 1.29 is 14.3 Å². The highest BCUT2D eigenvalue weighted by molar-refractivity contribution is 7.16. The Morgan fingerprint density at radius 3 is 2.85 bits per heavy atom. The molecular formula is C13H13N3O3S. The van der Waals surface area contributed by atoms with Crippen LogP contribution in [-0.2, 0) is 16.0 Å². The number of anilines is 1. The molecule has 20 heavy (non-hydrogen) atoms. The summed E-state index contributed by atoms with van der Waals surface area (Å²) in [5.41, 5.74) is 1.02. The highest BCUT2D eigenvalue weighted by atomic mass is 32.1. The van der Waals surface area contributed by atoms with E-state index in [4.69, 9.17) is 0 Å². The number of methoxy groups -OCH3 is 1. The van der Waals surface area contributed by atoms with Gasteiger partial charge < -0.3 is 4.74 Å². The number of ether oxygens (including phenoxy) is 1. The van der Waals surface area contributed by atoms with Crippen LogP contribution in [0.3, 0.4) is 0 Å². The van der Waals surface area contributed by atoms with Gasteiger partial charge in [0.1, 0.15) is 5.69 Å². The number of nitrogens with one attached hydrogen (secondary N) is 1. The molecule has 2 aromatic heterocycles. The first-order valence-corrected chi connectivity index (χ1v) is 6.67. The molecular weight excluding hydrogens is 278 g/mol. The van der Waals surface area contributed by atoms with Crippen molar-refractivity contribution in [2.24, 2.45) is 0 Å². The van der Waals surface area contributed by atoms with Gasteiger partial charge in [0, 0.05) is 11.1 Å². The van der Waals surface area contributed by atoms with E-state index in [1.54, 1.807) is 31.3 Å². The van der Waals surface area contributed by atoms with E-state index in [1.165, 1.54) is 18.4 Å². The second-order valence-corrected chi connectivity index (χ2v) is 5.03. The number of rotatable bonds is 4. The third kappa shape index (κ3) is 3.39. The van der Waals surface area contributed by atoms with Crippen molar-refractivity contribution in [3.63, 3.8) is 0 Å². The standard InChI is InChI=1S/C13H13N3O3S/c1-8-10(7-11(17)19-2)20-13(15-8)16-12(18)9-5-3-4-6-14-9/h3-6H,7H2,1-2H3,(H,15,16,18). The lowest BCUT2D eigenvalue weighted by Crippen LogP contribution is -2.13. The first kappa shape index (κ1) is 14.1. The average Bonchev–Trinajstić information content (AvgIpc) is 2.79. The maximum absolute atomic E-state index is 11.9. The van der Waals surface area contributed by atoms with E-state index in [1.807, 2.05) is 0 Å². The largest absolute Gasteiger partial charge is 0.469 e. The molecule has 0 saturated heterocycles. The summed E-state index contributed by atoms with van der Waals surface area (Å²) in [6, 6.07) is 5.08. The van der Waals surface area contributed by atoms with E-state index < -0.39 is 0 Å². The molecule has 0 aliphatic rings. The zero-order valence-corrected chi connectivity index (χ0v) is 11.9. The predicted octanol–water partition coefficient (Wildman–Crippen LogP) is 1.81. The Hall–Kier alpha value is -2.28. The Bertz CT molecular complexity index is 625. The van der Waals surface area contributed by atoms with Gasteiger partial charge in [-0.15, -0.1) is 11.3 Å². The van der Waals surface area contributed by atoms with Gasteiger partial charge in [-0.3, -0.25) is 19.9 Å². The van der Waals surface area contributed by atoms with Crippen molar-refractivity contribution >= 4 is 28.3 Å². The van der Waals surface area contributed by atoms with Crippen LogP contribution in [0.2, 0.25) is 0 Å². The molecule has 0 unspecified atom stereocenters. The maximum Gasteiger partial charge on any atom is 0.310 e. The number of thiazole rings is 1. The Kier molecular flexibility index (Phi) is 4.41. The summed E-state index contributed by atoms with van der Waals surface area (Å²) >= 11 is 1.25. The third-order valence-electron chi connectivity index (χ3n) is 2.54. The van der Waals surface area contributed by atoms with Gasteiger partial charge in [0.15, 0.2) is 5.13 Å². The molecule has 1 amide bonds. The van der Waals surface area contributed by atoms with E-state index in [0.29, 0.717) is 16.5 Å². The first-order chi connectivity index (χ1) is 9.60. The number of carbonyl (C=O) groups is 2. The summed E-state index contributed by atoms with van der Waals surface area (Å²) in [6.07, 6.45) is 1.70. The number of pyridine rings is 1. The zero-order valence-electron chi connectivity index (χ0n) is 11.0. The monoisotopic (exact) mass is 291 g/mol. The summed E-state index contributed by atoms with van der Waals surface area (Å²) in [5, 5.41) is 3.11. The predicted molar refractivity (Wildman–Crippen MR) is 74.8 cm³/mol. The topological polar surface area (TPSA) is 81.2 Å². The Morgan fingerprint density at radius 2 is 2.20 bits per heavy atom. The Balaban J connectivity index is 2.09. The van der Waals surface area contributed by atoms with Crippen molar-refractivity contribution in [3.05, 3.63) is 40.7 Å². The van der Waals surface area contributed by atoms with Gasteiger partial charge in [0.25, 0.3) is 5.91 Å². The van der Waals surface area contributed by atoms with Crippen LogP contribution in [0.15, 0.2) is 24.4 Å². The number of aromatic nitrogens is 2. The number of hydrogen-bond donors (Lipinski definition) is 1. The molecule has 0 bridgehead atoms. The molecule has 2 heterocycles. The molecule has 0 aromatic carbocycles. The fourth-order valence-corrected chi connectivity index (χ4v) is 2.45. The molecule has 0 fully saturated rings. The fourth-order valence-electron chi connectivity index (χ4n) is 1.51. The van der Waals surface area contributed by atoms with Crippen LogP contribution in [0, 0.1) is 6.92 Å². The quantitative estimate of drug-likeness (QED) is 0.869. The highest BCUT2D eigenvalue weighted by Crippen LogP contribution is 2.23. The van der Waals surface area contributed by atoms with Crippen molar-refractivity contribution in [1.29, 1.82) is 0 Å². The number of amides is 1. The van der Waals surface area contributed by atoms with Gasteiger partial charge in [0.05, 0.1) is 19.2 Å². The molecule has 0 atom stereocenters.